The van der Waals surface area contributed by atoms with E-state index in [1.165, 1.54) is 4.90 Å². The number of rotatable bonds is 12. The summed E-state index contributed by atoms with van der Waals surface area (Å²) >= 11 is 0. The molecular formula is C34H43NO6Si. The lowest BCUT2D eigenvalue weighted by molar-refractivity contribution is -0.140. The summed E-state index contributed by atoms with van der Waals surface area (Å²) < 4.78 is 24.2. The number of benzene rings is 2. The second-order valence-corrected chi connectivity index (χ2v) is 16.8. The molecule has 42 heavy (non-hydrogen) atoms. The van der Waals surface area contributed by atoms with Crippen molar-refractivity contribution in [2.24, 2.45) is 11.8 Å². The van der Waals surface area contributed by atoms with Gasteiger partial charge in [0.1, 0.15) is 11.9 Å². The summed E-state index contributed by atoms with van der Waals surface area (Å²) in [5.41, 5.74) is 3.00. The highest BCUT2D eigenvalue weighted by Crippen LogP contribution is 2.48. The van der Waals surface area contributed by atoms with Crippen molar-refractivity contribution in [2.75, 3.05) is 13.7 Å². The third-order valence-electron chi connectivity index (χ3n) is 8.06. The van der Waals surface area contributed by atoms with E-state index in [0.717, 1.165) is 41.1 Å². The lowest BCUT2D eigenvalue weighted by atomic mass is 9.75. The van der Waals surface area contributed by atoms with Crippen molar-refractivity contribution in [3.8, 4) is 5.75 Å². The normalized spacial score (nSPS) is 24.1. The summed E-state index contributed by atoms with van der Waals surface area (Å²) in [5, 5.41) is 0. The molecule has 0 unspecified atom stereocenters. The quantitative estimate of drug-likeness (QED) is 0.123. The van der Waals surface area contributed by atoms with E-state index in [9.17, 15) is 9.59 Å². The van der Waals surface area contributed by atoms with Crippen LogP contribution in [0.3, 0.4) is 0 Å². The van der Waals surface area contributed by atoms with Gasteiger partial charge in [-0.1, -0.05) is 48.5 Å². The Morgan fingerprint density at radius 2 is 1.76 bits per heavy atom. The van der Waals surface area contributed by atoms with Crippen LogP contribution in [0.15, 0.2) is 78.1 Å². The topological polar surface area (TPSA) is 74.3 Å². The molecule has 3 aliphatic rings. The number of ether oxygens (including phenoxy) is 3. The van der Waals surface area contributed by atoms with Gasteiger partial charge in [0.25, 0.3) is 0 Å². The smallest absolute Gasteiger partial charge is 0.237 e. The third-order valence-corrected chi connectivity index (χ3v) is 9.05. The van der Waals surface area contributed by atoms with Crippen molar-refractivity contribution in [3.63, 3.8) is 0 Å². The van der Waals surface area contributed by atoms with Crippen LogP contribution >= 0.6 is 0 Å². The minimum Gasteiger partial charge on any atom is -0.497 e. The van der Waals surface area contributed by atoms with Crippen molar-refractivity contribution >= 4 is 20.1 Å². The lowest BCUT2D eigenvalue weighted by Crippen LogP contribution is -2.43. The van der Waals surface area contributed by atoms with E-state index in [2.05, 4.69) is 31.8 Å². The number of allylic oxidation sites excluding steroid dienone is 2. The van der Waals surface area contributed by atoms with E-state index in [0.29, 0.717) is 39.0 Å². The number of hydrogen-bond acceptors (Lipinski definition) is 6. The highest BCUT2D eigenvalue weighted by Gasteiger charge is 2.54. The molecule has 2 heterocycles. The fourth-order valence-corrected chi connectivity index (χ4v) is 7.23. The maximum Gasteiger partial charge on any atom is 0.237 e. The van der Waals surface area contributed by atoms with Gasteiger partial charge >= 0.3 is 0 Å². The standard InChI is InChI=1S/C34H43NO6Si/c1-38-26-16-14-25(15-17-26)23-39-20-10-6-9-13-27-21-30(41-42(2,3)4)32-29(40-27)19-18-28-31(32)34(37)35(33(28)36)22-24-11-7-5-8-12-24/h5,7-9,11-17,27-28,30-31H,6,10,18-23H2,1-4H3/b13-9+/t27-,28-,30+,31-/m1/s1. The van der Waals surface area contributed by atoms with Crippen molar-refractivity contribution in [3.05, 3.63) is 89.2 Å². The molecule has 0 saturated carbocycles. The first-order valence-electron chi connectivity index (χ1n) is 15.1. The Labute approximate surface area is 250 Å². The lowest BCUT2D eigenvalue weighted by Gasteiger charge is -2.41. The molecule has 1 saturated heterocycles. The summed E-state index contributed by atoms with van der Waals surface area (Å²) in [7, 11) is -0.282. The number of amides is 2. The number of methoxy groups -OCH3 is 1. The maximum atomic E-state index is 13.8. The fourth-order valence-electron chi connectivity index (χ4n) is 6.15. The van der Waals surface area contributed by atoms with Crippen LogP contribution in [0.4, 0.5) is 0 Å². The molecule has 8 heteroatoms. The molecule has 1 aliphatic carbocycles. The molecule has 1 fully saturated rings. The first-order chi connectivity index (χ1) is 20.2. The van der Waals surface area contributed by atoms with Crippen molar-refractivity contribution in [1.29, 1.82) is 0 Å². The third kappa shape index (κ3) is 7.22. The monoisotopic (exact) mass is 589 g/mol. The van der Waals surface area contributed by atoms with Gasteiger partial charge in [0, 0.05) is 25.0 Å². The Hall–Kier alpha value is -3.20. The summed E-state index contributed by atoms with van der Waals surface area (Å²) in [6.45, 7) is 8.08. The first kappa shape index (κ1) is 30.3. The second kappa shape index (κ2) is 13.4. The molecule has 2 aromatic carbocycles. The van der Waals surface area contributed by atoms with E-state index in [4.69, 9.17) is 18.6 Å². The summed E-state index contributed by atoms with van der Waals surface area (Å²) in [5.74, 6) is 0.697. The van der Waals surface area contributed by atoms with Gasteiger partial charge in [0.15, 0.2) is 8.32 Å². The van der Waals surface area contributed by atoms with E-state index in [-0.39, 0.29) is 29.9 Å². The number of unbranched alkanes of at least 4 members (excludes halogenated alkanes) is 1. The minimum absolute atomic E-state index is 0.0663. The first-order valence-corrected chi connectivity index (χ1v) is 18.5. The van der Waals surface area contributed by atoms with Crippen LogP contribution < -0.4 is 4.74 Å². The Morgan fingerprint density at radius 3 is 2.48 bits per heavy atom. The maximum absolute atomic E-state index is 13.8. The zero-order valence-corrected chi connectivity index (χ0v) is 26.2. The number of nitrogens with zero attached hydrogens (tertiary/aromatic N) is 1. The SMILES string of the molecule is COc1ccc(COCCC/C=C/[C@@H]2C[C@H](O[Si](C)(C)C)C3=C(CC[C@H]4C(=O)N(Cc5ccccc5)C(=O)[C@@H]34)O2)cc1. The van der Waals surface area contributed by atoms with Crippen LogP contribution in [0.1, 0.15) is 43.2 Å². The molecule has 7 nitrogen and oxygen atoms in total. The van der Waals surface area contributed by atoms with Crippen LogP contribution in [0, 0.1) is 11.8 Å². The largest absolute Gasteiger partial charge is 0.497 e. The molecular weight excluding hydrogens is 546 g/mol. The highest BCUT2D eigenvalue weighted by molar-refractivity contribution is 6.69. The van der Waals surface area contributed by atoms with Crippen LogP contribution in [0.25, 0.3) is 0 Å². The number of carbonyl (C=O) groups excluding carboxylic acids is 2. The van der Waals surface area contributed by atoms with E-state index in [1.54, 1.807) is 7.11 Å². The Balaban J connectivity index is 1.21. The summed E-state index contributed by atoms with van der Waals surface area (Å²) in [6, 6.07) is 17.6. The van der Waals surface area contributed by atoms with Crippen LogP contribution in [0.2, 0.25) is 19.6 Å². The van der Waals surface area contributed by atoms with Gasteiger partial charge < -0.3 is 18.6 Å². The predicted octanol–water partition coefficient (Wildman–Crippen LogP) is 6.41. The van der Waals surface area contributed by atoms with Crippen molar-refractivity contribution in [1.82, 2.24) is 4.90 Å². The second-order valence-electron chi connectivity index (χ2n) is 12.3. The van der Waals surface area contributed by atoms with Crippen molar-refractivity contribution < 1.29 is 28.2 Å². The fraction of sp³-hybridized carbons (Fsp3) is 0.471. The summed E-state index contributed by atoms with van der Waals surface area (Å²) in [4.78, 5) is 28.6. The molecule has 2 aliphatic heterocycles. The van der Waals surface area contributed by atoms with E-state index < -0.39 is 14.2 Å². The number of carbonyl (C=O) groups is 2. The molecule has 224 valence electrons. The van der Waals surface area contributed by atoms with Gasteiger partial charge in [0.05, 0.1) is 44.0 Å². The number of fused-ring (bicyclic) bond motifs is 2. The number of hydrogen-bond donors (Lipinski definition) is 0. The Bertz CT molecular complexity index is 1300. The molecule has 0 spiro atoms. The Morgan fingerprint density at radius 1 is 1.00 bits per heavy atom. The molecule has 0 radical (unpaired) electrons. The van der Waals surface area contributed by atoms with Crippen LogP contribution in [-0.4, -0.2) is 51.0 Å². The molecule has 4 atom stereocenters. The average molecular weight is 590 g/mol. The van der Waals surface area contributed by atoms with Gasteiger partial charge in [-0.05, 0) is 68.2 Å². The molecule has 5 rings (SSSR count). The minimum atomic E-state index is -1.95. The zero-order valence-electron chi connectivity index (χ0n) is 25.2. The van der Waals surface area contributed by atoms with Gasteiger partial charge in [0.2, 0.25) is 11.8 Å². The Kier molecular flexibility index (Phi) is 9.66. The summed E-state index contributed by atoms with van der Waals surface area (Å²) in [6.07, 6.45) is 7.69. The molecule has 2 amide bonds. The molecule has 0 aromatic heterocycles. The number of imide groups is 1. The van der Waals surface area contributed by atoms with E-state index in [1.807, 2.05) is 54.6 Å². The van der Waals surface area contributed by atoms with Crippen LogP contribution in [-0.2, 0) is 36.6 Å². The predicted molar refractivity (Wildman–Crippen MR) is 164 cm³/mol. The molecule has 0 N–H and O–H groups in total. The van der Waals surface area contributed by atoms with Gasteiger partial charge in [-0.3, -0.25) is 14.5 Å². The number of likely N-dealkylation sites (tertiary alicyclic amines) is 1. The van der Waals surface area contributed by atoms with Crippen molar-refractivity contribution in [2.45, 2.75) is 77.1 Å². The molecule has 2 aromatic rings. The van der Waals surface area contributed by atoms with Crippen LogP contribution in [0.5, 0.6) is 5.75 Å². The highest BCUT2D eigenvalue weighted by atomic mass is 28.4. The van der Waals surface area contributed by atoms with Gasteiger partial charge in [-0.2, -0.15) is 0 Å². The van der Waals surface area contributed by atoms with Gasteiger partial charge in [-0.15, -0.1) is 0 Å². The van der Waals surface area contributed by atoms with Gasteiger partial charge in [-0.25, -0.2) is 0 Å². The average Bonchev–Trinajstić information content (AvgIpc) is 3.21. The van der Waals surface area contributed by atoms with E-state index >= 15 is 0 Å². The zero-order chi connectivity index (χ0) is 29.7. The molecule has 0 bridgehead atoms.